The quantitative estimate of drug-likeness (QED) is 0.889. The average molecular weight is 343 g/mol. The van der Waals surface area contributed by atoms with Gasteiger partial charge in [-0.2, -0.15) is 5.10 Å². The Morgan fingerprint density at radius 2 is 2.21 bits per heavy atom. The van der Waals surface area contributed by atoms with Crippen molar-refractivity contribution >= 4 is 27.5 Å². The van der Waals surface area contributed by atoms with E-state index in [1.807, 2.05) is 18.3 Å². The topological polar surface area (TPSA) is 29.9 Å². The molecule has 102 valence electrons. The maximum Gasteiger partial charge on any atom is 0.0790 e. The minimum atomic E-state index is 0.634. The lowest BCUT2D eigenvalue weighted by Gasteiger charge is -2.12. The van der Waals surface area contributed by atoms with E-state index < -0.39 is 0 Å². The van der Waals surface area contributed by atoms with E-state index in [1.165, 1.54) is 5.56 Å². The van der Waals surface area contributed by atoms with Gasteiger partial charge in [0.05, 0.1) is 16.9 Å². The Morgan fingerprint density at radius 3 is 2.84 bits per heavy atom. The summed E-state index contributed by atoms with van der Waals surface area (Å²) in [5, 5.41) is 8.35. The van der Waals surface area contributed by atoms with Gasteiger partial charge in [0.2, 0.25) is 0 Å². The molecule has 0 radical (unpaired) electrons. The number of aromatic nitrogens is 2. The summed E-state index contributed by atoms with van der Waals surface area (Å²) in [4.78, 5) is 0. The zero-order valence-corrected chi connectivity index (χ0v) is 13.4. The lowest BCUT2D eigenvalue weighted by molar-refractivity contribution is 0.551. The van der Waals surface area contributed by atoms with Gasteiger partial charge in [-0.1, -0.05) is 41.4 Å². The number of hydrogen-bond acceptors (Lipinski definition) is 2. The van der Waals surface area contributed by atoms with Crippen LogP contribution in [0.5, 0.6) is 0 Å². The molecular formula is C14H17BrClN3. The fourth-order valence-corrected chi connectivity index (χ4v) is 2.39. The minimum Gasteiger partial charge on any atom is -0.312 e. The summed E-state index contributed by atoms with van der Waals surface area (Å²) >= 11 is 9.44. The second-order valence-electron chi connectivity index (χ2n) is 4.90. The van der Waals surface area contributed by atoms with Crippen molar-refractivity contribution < 1.29 is 0 Å². The Hall–Kier alpha value is -0.840. The van der Waals surface area contributed by atoms with Crippen molar-refractivity contribution in [1.29, 1.82) is 0 Å². The summed E-state index contributed by atoms with van der Waals surface area (Å²) in [6, 6.07) is 6.16. The van der Waals surface area contributed by atoms with Gasteiger partial charge in [-0.15, -0.1) is 0 Å². The Balaban J connectivity index is 2.23. The third-order valence-corrected chi connectivity index (χ3v) is 3.40. The van der Waals surface area contributed by atoms with E-state index in [9.17, 15) is 0 Å². The van der Waals surface area contributed by atoms with Crippen molar-refractivity contribution in [2.45, 2.75) is 20.4 Å². The summed E-state index contributed by atoms with van der Waals surface area (Å²) in [5.74, 6) is 0.634. The van der Waals surface area contributed by atoms with Crippen LogP contribution < -0.4 is 5.32 Å². The second kappa shape index (κ2) is 6.55. The number of nitrogens with zero attached hydrogens (tertiary/aromatic N) is 2. The molecule has 19 heavy (non-hydrogen) atoms. The zero-order chi connectivity index (χ0) is 13.8. The molecule has 1 heterocycles. The van der Waals surface area contributed by atoms with Crippen LogP contribution in [-0.2, 0) is 6.54 Å². The zero-order valence-electron chi connectivity index (χ0n) is 11.0. The Labute approximate surface area is 127 Å². The standard InChI is InChI=1S/C14H17BrClN3/c1-10(2)6-17-7-11-5-12(15)3-4-14(11)19-9-13(16)8-18-19/h3-5,8-10,17H,6-7H2,1-2H3. The molecule has 0 bridgehead atoms. The van der Waals surface area contributed by atoms with Crippen LogP contribution in [0.1, 0.15) is 19.4 Å². The van der Waals surface area contributed by atoms with E-state index in [0.717, 1.165) is 23.2 Å². The van der Waals surface area contributed by atoms with Gasteiger partial charge in [0.25, 0.3) is 0 Å². The van der Waals surface area contributed by atoms with Gasteiger partial charge >= 0.3 is 0 Å². The number of benzene rings is 1. The molecule has 0 saturated heterocycles. The van der Waals surface area contributed by atoms with Gasteiger partial charge in [-0.25, -0.2) is 4.68 Å². The molecule has 0 aliphatic heterocycles. The molecule has 1 N–H and O–H groups in total. The lowest BCUT2D eigenvalue weighted by atomic mass is 10.1. The normalized spacial score (nSPS) is 11.2. The van der Waals surface area contributed by atoms with Crippen molar-refractivity contribution in [2.24, 2.45) is 5.92 Å². The maximum atomic E-state index is 5.93. The molecule has 0 fully saturated rings. The molecule has 0 unspecified atom stereocenters. The first-order chi connectivity index (χ1) is 9.06. The monoisotopic (exact) mass is 341 g/mol. The first-order valence-corrected chi connectivity index (χ1v) is 7.43. The van der Waals surface area contributed by atoms with Crippen LogP contribution in [0, 0.1) is 5.92 Å². The number of nitrogens with one attached hydrogen (secondary N) is 1. The van der Waals surface area contributed by atoms with Crippen molar-refractivity contribution in [2.75, 3.05) is 6.54 Å². The fraction of sp³-hybridized carbons (Fsp3) is 0.357. The van der Waals surface area contributed by atoms with E-state index in [2.05, 4.69) is 46.3 Å². The van der Waals surface area contributed by atoms with Gasteiger partial charge in [0, 0.05) is 17.2 Å². The average Bonchev–Trinajstić information content (AvgIpc) is 2.75. The molecule has 3 nitrogen and oxygen atoms in total. The van der Waals surface area contributed by atoms with Gasteiger partial charge in [0.15, 0.2) is 0 Å². The maximum absolute atomic E-state index is 5.93. The largest absolute Gasteiger partial charge is 0.312 e. The first kappa shape index (κ1) is 14.6. The van der Waals surface area contributed by atoms with Crippen LogP contribution in [0.25, 0.3) is 5.69 Å². The summed E-state index contributed by atoms with van der Waals surface area (Å²) in [7, 11) is 0. The van der Waals surface area contributed by atoms with E-state index >= 15 is 0 Å². The van der Waals surface area contributed by atoms with E-state index in [1.54, 1.807) is 10.9 Å². The molecule has 1 aromatic carbocycles. The van der Waals surface area contributed by atoms with Crippen molar-refractivity contribution in [3.8, 4) is 5.69 Å². The smallest absolute Gasteiger partial charge is 0.0790 e. The summed E-state index contributed by atoms with van der Waals surface area (Å²) in [6.07, 6.45) is 3.46. The number of hydrogen-bond donors (Lipinski definition) is 1. The van der Waals surface area contributed by atoms with Gasteiger partial charge in [-0.05, 0) is 36.2 Å². The Morgan fingerprint density at radius 1 is 1.42 bits per heavy atom. The SMILES string of the molecule is CC(C)CNCc1cc(Br)ccc1-n1cc(Cl)cn1. The van der Waals surface area contributed by atoms with E-state index in [-0.39, 0.29) is 0 Å². The predicted molar refractivity (Wildman–Crippen MR) is 82.8 cm³/mol. The summed E-state index contributed by atoms with van der Waals surface area (Å²) < 4.78 is 2.87. The van der Waals surface area contributed by atoms with Crippen LogP contribution in [-0.4, -0.2) is 16.3 Å². The Kier molecular flexibility index (Phi) is 5.02. The van der Waals surface area contributed by atoms with Crippen molar-refractivity contribution in [3.05, 3.63) is 45.7 Å². The van der Waals surface area contributed by atoms with Gasteiger partial charge < -0.3 is 5.32 Å². The summed E-state index contributed by atoms with van der Waals surface area (Å²) in [5.41, 5.74) is 2.24. The highest BCUT2D eigenvalue weighted by molar-refractivity contribution is 9.10. The van der Waals surface area contributed by atoms with Crippen LogP contribution in [0.15, 0.2) is 35.1 Å². The molecule has 0 aliphatic rings. The van der Waals surface area contributed by atoms with Crippen molar-refractivity contribution in [3.63, 3.8) is 0 Å². The highest BCUT2D eigenvalue weighted by atomic mass is 79.9. The highest BCUT2D eigenvalue weighted by Gasteiger charge is 2.07. The van der Waals surface area contributed by atoms with Crippen LogP contribution >= 0.6 is 27.5 Å². The van der Waals surface area contributed by atoms with Crippen LogP contribution in [0.2, 0.25) is 5.02 Å². The molecule has 2 rings (SSSR count). The van der Waals surface area contributed by atoms with E-state index in [4.69, 9.17) is 11.6 Å². The molecule has 2 aromatic rings. The second-order valence-corrected chi connectivity index (χ2v) is 6.25. The molecule has 0 atom stereocenters. The van der Waals surface area contributed by atoms with Crippen molar-refractivity contribution in [1.82, 2.24) is 15.1 Å². The molecule has 0 saturated carbocycles. The molecule has 0 amide bonds. The first-order valence-electron chi connectivity index (χ1n) is 6.26. The summed E-state index contributed by atoms with van der Waals surface area (Å²) in [6.45, 7) is 6.19. The highest BCUT2D eigenvalue weighted by Crippen LogP contribution is 2.21. The van der Waals surface area contributed by atoms with Crippen LogP contribution in [0.3, 0.4) is 0 Å². The third-order valence-electron chi connectivity index (χ3n) is 2.71. The van der Waals surface area contributed by atoms with Crippen LogP contribution in [0.4, 0.5) is 0 Å². The number of rotatable bonds is 5. The molecule has 0 spiro atoms. The fourth-order valence-electron chi connectivity index (χ4n) is 1.85. The Bertz CT molecular complexity index is 551. The molecule has 1 aromatic heterocycles. The van der Waals surface area contributed by atoms with E-state index in [0.29, 0.717) is 10.9 Å². The predicted octanol–water partition coefficient (Wildman–Crippen LogP) is 4.03. The lowest BCUT2D eigenvalue weighted by Crippen LogP contribution is -2.20. The van der Waals surface area contributed by atoms with Gasteiger partial charge in [-0.3, -0.25) is 0 Å². The number of halogens is 2. The third kappa shape index (κ3) is 4.06. The molecule has 5 heteroatoms. The molecule has 0 aliphatic carbocycles. The minimum absolute atomic E-state index is 0.634. The molecular weight excluding hydrogens is 326 g/mol. The van der Waals surface area contributed by atoms with Gasteiger partial charge in [0.1, 0.15) is 0 Å².